The van der Waals surface area contributed by atoms with E-state index in [1.165, 1.54) is 25.1 Å². The van der Waals surface area contributed by atoms with Crippen molar-refractivity contribution in [3.8, 4) is 0 Å². The highest BCUT2D eigenvalue weighted by Crippen LogP contribution is 2.37. The van der Waals surface area contributed by atoms with Crippen LogP contribution in [0.25, 0.3) is 0 Å². The Morgan fingerprint density at radius 3 is 2.42 bits per heavy atom. The van der Waals surface area contributed by atoms with Gasteiger partial charge in [-0.3, -0.25) is 4.48 Å². The van der Waals surface area contributed by atoms with E-state index in [0.29, 0.717) is 8.95 Å². The zero-order valence-electron chi connectivity index (χ0n) is 18.0. The van der Waals surface area contributed by atoms with Gasteiger partial charge < -0.3 is 19.5 Å². The minimum absolute atomic E-state index is 0.0340. The lowest BCUT2D eigenvalue weighted by Crippen LogP contribution is -2.71. The number of amides is 2. The van der Waals surface area contributed by atoms with Crippen LogP contribution in [-0.2, 0) is 14.8 Å². The monoisotopic (exact) mass is 583 g/mol. The Hall–Kier alpha value is -1.21. The van der Waals surface area contributed by atoms with Gasteiger partial charge in [-0.05, 0) is 54.9 Å². The van der Waals surface area contributed by atoms with Gasteiger partial charge in [-0.1, -0.05) is 15.9 Å². The molecule has 2 amide bonds. The van der Waals surface area contributed by atoms with Crippen molar-refractivity contribution in [3.05, 3.63) is 27.1 Å². The van der Waals surface area contributed by atoms with Crippen molar-refractivity contribution in [2.45, 2.75) is 49.7 Å². The van der Waals surface area contributed by atoms with Crippen LogP contribution in [-0.4, -0.2) is 74.9 Å². The minimum Gasteiger partial charge on any atom is -0.498 e. The number of hydrogen-bond donors (Lipinski definition) is 1. The van der Waals surface area contributed by atoms with Gasteiger partial charge in [0.1, 0.15) is 19.2 Å². The van der Waals surface area contributed by atoms with E-state index in [4.69, 9.17) is 4.74 Å². The molecule has 0 aliphatic carbocycles. The van der Waals surface area contributed by atoms with E-state index in [1.807, 2.05) is 0 Å². The summed E-state index contributed by atoms with van der Waals surface area (Å²) in [6, 6.07) is 3.38. The van der Waals surface area contributed by atoms with E-state index in [2.05, 4.69) is 36.6 Å². The summed E-state index contributed by atoms with van der Waals surface area (Å²) in [4.78, 5) is 25.5. The molecule has 31 heavy (non-hydrogen) atoms. The number of carbonyl (C=O) groups excluding carboxylic acids is 2. The second kappa shape index (κ2) is 9.34. The number of carboxylic acid groups (broad SMARTS) is 1. The Labute approximate surface area is 199 Å². The Morgan fingerprint density at radius 1 is 1.29 bits per heavy atom. The maximum absolute atomic E-state index is 13.0. The number of halogens is 2. The molecule has 3 atom stereocenters. The van der Waals surface area contributed by atoms with E-state index in [0.717, 1.165) is 0 Å². The molecule has 9 nitrogen and oxygen atoms in total. The number of rotatable bonds is 5. The summed E-state index contributed by atoms with van der Waals surface area (Å²) >= 11 is 6.51. The molecule has 1 aliphatic rings. The number of sulfonamides is 1. The number of benzene rings is 1. The lowest BCUT2D eigenvalue weighted by molar-refractivity contribution is -0.930. The van der Waals surface area contributed by atoms with Gasteiger partial charge in [0.05, 0.1) is 16.5 Å². The average Bonchev–Trinajstić information content (AvgIpc) is 3.00. The lowest BCUT2D eigenvalue weighted by atomic mass is 10.00. The molecule has 1 aliphatic heterocycles. The maximum Gasteiger partial charge on any atom is 0.409 e. The lowest BCUT2D eigenvalue weighted by Gasteiger charge is -2.48. The fraction of sp³-hybridized carbons (Fsp3) is 0.579. The first-order valence-electron chi connectivity index (χ1n) is 9.52. The number of hydrogen-bond acceptors (Lipinski definition) is 6. The molecule has 1 unspecified atom stereocenters. The number of ether oxygens (including phenoxy) is 1. The standard InChI is InChI=1S/C19H27Br2N3O6S/c1-19(2,3)24(18(26)27)10-13(9-14(24)11-30-17(25)23(4)5)22-31(28,29)16-8-12(20)6-7-15(16)21/h6-8,13-14,22H,9-11H2,1-5H3/t13-,14-,24?/m1/s1. The zero-order valence-corrected chi connectivity index (χ0v) is 22.0. The van der Waals surface area contributed by atoms with Gasteiger partial charge in [-0.15, -0.1) is 0 Å². The zero-order chi connectivity index (χ0) is 23.8. The smallest absolute Gasteiger partial charge is 0.409 e. The van der Waals surface area contributed by atoms with Crippen LogP contribution in [0.4, 0.5) is 9.59 Å². The number of carbonyl (C=O) groups is 2. The first-order chi connectivity index (χ1) is 14.1. The molecule has 12 heteroatoms. The number of quaternary nitrogens is 1. The van der Waals surface area contributed by atoms with Crippen LogP contribution in [0.5, 0.6) is 0 Å². The minimum atomic E-state index is -3.95. The molecule has 1 aromatic carbocycles. The van der Waals surface area contributed by atoms with Crippen LogP contribution in [0, 0.1) is 0 Å². The molecule has 0 aromatic heterocycles. The van der Waals surface area contributed by atoms with Crippen molar-refractivity contribution in [1.82, 2.24) is 9.62 Å². The van der Waals surface area contributed by atoms with Crippen LogP contribution >= 0.6 is 31.9 Å². The van der Waals surface area contributed by atoms with Crippen LogP contribution in [0.2, 0.25) is 0 Å². The van der Waals surface area contributed by atoms with Gasteiger partial charge in [0, 0.05) is 29.5 Å². The van der Waals surface area contributed by atoms with Gasteiger partial charge in [-0.2, -0.15) is 0 Å². The molecule has 1 N–H and O–H groups in total. The van der Waals surface area contributed by atoms with Crippen LogP contribution in [0.15, 0.2) is 32.0 Å². The molecule has 0 radical (unpaired) electrons. The van der Waals surface area contributed by atoms with Crippen molar-refractivity contribution in [1.29, 1.82) is 0 Å². The molecular weight excluding hydrogens is 558 g/mol. The van der Waals surface area contributed by atoms with Crippen molar-refractivity contribution < 1.29 is 32.3 Å². The van der Waals surface area contributed by atoms with Gasteiger partial charge in [0.25, 0.3) is 6.09 Å². The maximum atomic E-state index is 13.0. The highest BCUT2D eigenvalue weighted by molar-refractivity contribution is 9.11. The highest BCUT2D eigenvalue weighted by Gasteiger charge is 2.56. The molecule has 1 heterocycles. The molecule has 1 aromatic rings. The van der Waals surface area contributed by atoms with Crippen molar-refractivity contribution in [2.75, 3.05) is 27.2 Å². The summed E-state index contributed by atoms with van der Waals surface area (Å²) in [6.07, 6.45) is -1.78. The van der Waals surface area contributed by atoms with Gasteiger partial charge >= 0.3 is 6.09 Å². The number of nitrogens with zero attached hydrogens (tertiary/aromatic N) is 2. The van der Waals surface area contributed by atoms with E-state index in [-0.39, 0.29) is 24.5 Å². The van der Waals surface area contributed by atoms with Crippen LogP contribution in [0.1, 0.15) is 27.2 Å². The van der Waals surface area contributed by atoms with Gasteiger partial charge in [-0.25, -0.2) is 17.9 Å². The van der Waals surface area contributed by atoms with E-state index >= 15 is 0 Å². The topological polar surface area (TPSA) is 116 Å². The molecule has 2 rings (SSSR count). The third-order valence-electron chi connectivity index (χ3n) is 5.48. The van der Waals surface area contributed by atoms with Crippen LogP contribution in [0.3, 0.4) is 0 Å². The number of nitrogens with one attached hydrogen (secondary N) is 1. The molecule has 0 bridgehead atoms. The van der Waals surface area contributed by atoms with E-state index in [1.54, 1.807) is 32.9 Å². The van der Waals surface area contributed by atoms with E-state index in [9.17, 15) is 23.1 Å². The molecule has 0 spiro atoms. The predicted octanol–water partition coefficient (Wildman–Crippen LogP) is 2.29. The number of likely N-dealkylation sites (tertiary alicyclic amines) is 1. The Morgan fingerprint density at radius 2 is 1.90 bits per heavy atom. The summed E-state index contributed by atoms with van der Waals surface area (Å²) in [5.41, 5.74) is -0.829. The quantitative estimate of drug-likeness (QED) is 0.531. The first-order valence-corrected chi connectivity index (χ1v) is 12.6. The first kappa shape index (κ1) is 26.0. The highest BCUT2D eigenvalue weighted by atomic mass is 79.9. The molecule has 174 valence electrons. The average molecular weight is 585 g/mol. The van der Waals surface area contributed by atoms with Crippen LogP contribution < -0.4 is 9.83 Å². The fourth-order valence-corrected chi connectivity index (χ4v) is 6.68. The predicted molar refractivity (Wildman–Crippen MR) is 120 cm³/mol. The van der Waals surface area contributed by atoms with Crippen molar-refractivity contribution in [2.24, 2.45) is 0 Å². The Bertz CT molecular complexity index is 964. The second-order valence-corrected chi connectivity index (χ2v) is 12.2. The van der Waals surface area contributed by atoms with Crippen molar-refractivity contribution in [3.63, 3.8) is 0 Å². The fourth-order valence-electron chi connectivity index (χ4n) is 3.94. The Kier molecular flexibility index (Phi) is 7.85. The summed E-state index contributed by atoms with van der Waals surface area (Å²) < 4.78 is 34.4. The molecule has 0 saturated carbocycles. The second-order valence-electron chi connectivity index (χ2n) is 8.74. The molecule has 1 saturated heterocycles. The summed E-state index contributed by atoms with van der Waals surface area (Å²) in [5, 5.41) is 12.4. The SMILES string of the molecule is CN(C)C(=O)OC[C@H]1C[C@@H](NS(=O)(=O)c2cc(Br)ccc2Br)C[N+]1(C(=O)[O-])C(C)(C)C. The third kappa shape index (κ3) is 5.41. The summed E-state index contributed by atoms with van der Waals surface area (Å²) in [6.45, 7) is 5.00. The summed E-state index contributed by atoms with van der Waals surface area (Å²) in [5.74, 6) is 0. The third-order valence-corrected chi connectivity index (χ3v) is 8.49. The summed E-state index contributed by atoms with van der Waals surface area (Å²) in [7, 11) is -0.908. The Balaban J connectivity index is 2.37. The van der Waals surface area contributed by atoms with Gasteiger partial charge in [0.2, 0.25) is 10.0 Å². The van der Waals surface area contributed by atoms with Crippen molar-refractivity contribution >= 4 is 54.1 Å². The molecular formula is C19H27Br2N3O6S. The largest absolute Gasteiger partial charge is 0.498 e. The van der Waals surface area contributed by atoms with E-state index < -0.39 is 44.3 Å². The van der Waals surface area contributed by atoms with Gasteiger partial charge in [0.15, 0.2) is 0 Å². The molecule has 1 fully saturated rings. The normalized spacial score (nSPS) is 24.1.